The van der Waals surface area contributed by atoms with Gasteiger partial charge in [0.05, 0.1) is 11.5 Å². The van der Waals surface area contributed by atoms with Crippen LogP contribution in [0, 0.1) is 11.3 Å². The Morgan fingerprint density at radius 1 is 1.33 bits per heavy atom. The van der Waals surface area contributed by atoms with E-state index in [1.807, 2.05) is 29.2 Å². The Morgan fingerprint density at radius 3 is 2.88 bits per heavy atom. The Bertz CT molecular complexity index is 695. The Kier molecular flexibility index (Phi) is 3.92. The maximum absolute atomic E-state index is 12.9. The van der Waals surface area contributed by atoms with Crippen molar-refractivity contribution >= 4 is 33.5 Å². The third-order valence-corrected chi connectivity index (χ3v) is 6.55. The van der Waals surface area contributed by atoms with E-state index in [0.717, 1.165) is 42.4 Å². The maximum atomic E-state index is 12.9. The number of hydrogen-bond donors (Lipinski definition) is 1. The highest BCUT2D eigenvalue weighted by Gasteiger charge is 2.57. The lowest BCUT2D eigenvalue weighted by Gasteiger charge is -2.26. The Balaban J connectivity index is 1.53. The number of likely N-dealkylation sites (tertiary alicyclic amines) is 1. The Hall–Kier alpha value is -1.40. The van der Waals surface area contributed by atoms with Crippen molar-refractivity contribution in [3.8, 4) is 0 Å². The summed E-state index contributed by atoms with van der Waals surface area (Å²) in [6, 6.07) is 7.60. The van der Waals surface area contributed by atoms with Crippen LogP contribution in [0.5, 0.6) is 0 Å². The van der Waals surface area contributed by atoms with Crippen LogP contribution in [0.3, 0.4) is 0 Å². The van der Waals surface area contributed by atoms with E-state index < -0.39 is 11.4 Å². The summed E-state index contributed by atoms with van der Waals surface area (Å²) >= 11 is 3.45. The summed E-state index contributed by atoms with van der Waals surface area (Å²) in [7, 11) is 0. The highest BCUT2D eigenvalue weighted by atomic mass is 79.9. The summed E-state index contributed by atoms with van der Waals surface area (Å²) in [5.74, 6) is -0.377. The molecule has 6 heteroatoms. The molecule has 5 nitrogen and oxygen atoms in total. The van der Waals surface area contributed by atoms with Crippen molar-refractivity contribution in [2.24, 2.45) is 11.3 Å². The standard InChI is InChI=1S/C18H21BrN2O3/c19-13-4-1-5-14(9-13)21-8-6-15(16(21)22)20-10-12-3-2-7-18(12,11-20)17(23)24/h1,4-5,9,12,15H,2-3,6-8,10-11H2,(H,23,24)/t12-,15?,18+/m0/s1. The van der Waals surface area contributed by atoms with Crippen LogP contribution >= 0.6 is 15.9 Å². The molecule has 1 unspecified atom stereocenters. The molecule has 24 heavy (non-hydrogen) atoms. The van der Waals surface area contributed by atoms with Gasteiger partial charge in [0.15, 0.2) is 0 Å². The first kappa shape index (κ1) is 16.1. The van der Waals surface area contributed by atoms with Gasteiger partial charge in [0.2, 0.25) is 5.91 Å². The fourth-order valence-electron chi connectivity index (χ4n) is 4.82. The first-order valence-corrected chi connectivity index (χ1v) is 9.35. The highest BCUT2D eigenvalue weighted by Crippen LogP contribution is 2.50. The van der Waals surface area contributed by atoms with Crippen molar-refractivity contribution in [2.45, 2.75) is 31.7 Å². The number of benzene rings is 1. The molecule has 3 aliphatic rings. The molecule has 1 amide bonds. The minimum absolute atomic E-state index is 0.105. The summed E-state index contributed by atoms with van der Waals surface area (Å²) in [4.78, 5) is 28.7. The molecule has 4 rings (SSSR count). The zero-order valence-corrected chi connectivity index (χ0v) is 15.0. The van der Waals surface area contributed by atoms with Crippen molar-refractivity contribution in [3.63, 3.8) is 0 Å². The van der Waals surface area contributed by atoms with Gasteiger partial charge < -0.3 is 10.0 Å². The molecule has 1 aliphatic carbocycles. The molecule has 2 heterocycles. The largest absolute Gasteiger partial charge is 0.481 e. The molecule has 1 aromatic carbocycles. The molecule has 3 atom stereocenters. The summed E-state index contributed by atoms with van der Waals surface area (Å²) < 4.78 is 0.955. The predicted molar refractivity (Wildman–Crippen MR) is 93.9 cm³/mol. The van der Waals surface area contributed by atoms with E-state index in [1.165, 1.54) is 0 Å². The van der Waals surface area contributed by atoms with E-state index in [4.69, 9.17) is 0 Å². The maximum Gasteiger partial charge on any atom is 0.311 e. The molecule has 2 saturated heterocycles. The quantitative estimate of drug-likeness (QED) is 0.858. The van der Waals surface area contributed by atoms with Crippen LogP contribution in [-0.4, -0.2) is 47.6 Å². The van der Waals surface area contributed by atoms with Gasteiger partial charge in [-0.15, -0.1) is 0 Å². The van der Waals surface area contributed by atoms with Crippen molar-refractivity contribution in [2.75, 3.05) is 24.5 Å². The first-order chi connectivity index (χ1) is 11.5. The highest BCUT2D eigenvalue weighted by molar-refractivity contribution is 9.10. The van der Waals surface area contributed by atoms with Gasteiger partial charge in [0, 0.05) is 29.8 Å². The van der Waals surface area contributed by atoms with Crippen molar-refractivity contribution in [3.05, 3.63) is 28.7 Å². The van der Waals surface area contributed by atoms with Gasteiger partial charge in [0.25, 0.3) is 0 Å². The second-order valence-corrected chi connectivity index (χ2v) is 8.17. The van der Waals surface area contributed by atoms with E-state index in [-0.39, 0.29) is 17.9 Å². The Labute approximate surface area is 149 Å². The molecular formula is C18H21BrN2O3. The van der Waals surface area contributed by atoms with Crippen LogP contribution in [-0.2, 0) is 9.59 Å². The van der Waals surface area contributed by atoms with E-state index in [2.05, 4.69) is 20.8 Å². The van der Waals surface area contributed by atoms with Crippen LogP contribution in [0.4, 0.5) is 5.69 Å². The van der Waals surface area contributed by atoms with Gasteiger partial charge in [-0.25, -0.2) is 0 Å². The molecule has 1 N–H and O–H groups in total. The van der Waals surface area contributed by atoms with Gasteiger partial charge >= 0.3 is 5.97 Å². The van der Waals surface area contributed by atoms with Crippen LogP contribution in [0.1, 0.15) is 25.7 Å². The van der Waals surface area contributed by atoms with Crippen LogP contribution < -0.4 is 4.90 Å². The molecule has 3 fully saturated rings. The van der Waals surface area contributed by atoms with Gasteiger partial charge in [-0.3, -0.25) is 14.5 Å². The fraction of sp³-hybridized carbons (Fsp3) is 0.556. The summed E-state index contributed by atoms with van der Waals surface area (Å²) in [6.07, 6.45) is 3.49. The molecular weight excluding hydrogens is 372 g/mol. The molecule has 0 bridgehead atoms. The average molecular weight is 393 g/mol. The SMILES string of the molecule is O=C1C(N2C[C@@H]3CCC[C@@]3(C(=O)O)C2)CCN1c1cccc(Br)c1. The second kappa shape index (κ2) is 5.85. The third kappa shape index (κ3) is 2.39. The number of fused-ring (bicyclic) bond motifs is 1. The number of rotatable bonds is 3. The first-order valence-electron chi connectivity index (χ1n) is 8.56. The van der Waals surface area contributed by atoms with E-state index in [0.29, 0.717) is 13.1 Å². The molecule has 1 aromatic rings. The van der Waals surface area contributed by atoms with Crippen molar-refractivity contribution in [1.29, 1.82) is 0 Å². The van der Waals surface area contributed by atoms with Gasteiger partial charge in [-0.05, 0) is 43.4 Å². The topological polar surface area (TPSA) is 60.9 Å². The van der Waals surface area contributed by atoms with Crippen molar-refractivity contribution in [1.82, 2.24) is 4.90 Å². The number of anilines is 1. The van der Waals surface area contributed by atoms with Gasteiger partial charge in [-0.2, -0.15) is 0 Å². The molecule has 0 aromatic heterocycles. The lowest BCUT2D eigenvalue weighted by atomic mass is 9.81. The minimum atomic E-state index is -0.679. The average Bonchev–Trinajstić information content (AvgIpc) is 3.18. The molecule has 2 aliphatic heterocycles. The lowest BCUT2D eigenvalue weighted by Crippen LogP contribution is -2.43. The Morgan fingerprint density at radius 2 is 2.17 bits per heavy atom. The number of amides is 1. The molecule has 0 radical (unpaired) electrons. The van der Waals surface area contributed by atoms with Crippen LogP contribution in [0.2, 0.25) is 0 Å². The van der Waals surface area contributed by atoms with Gasteiger partial charge in [-0.1, -0.05) is 28.4 Å². The van der Waals surface area contributed by atoms with Crippen LogP contribution in [0.25, 0.3) is 0 Å². The molecule has 128 valence electrons. The zero-order chi connectivity index (χ0) is 16.9. The fourth-order valence-corrected chi connectivity index (χ4v) is 5.21. The molecule has 0 spiro atoms. The number of carbonyl (C=O) groups is 2. The minimum Gasteiger partial charge on any atom is -0.481 e. The normalized spacial score (nSPS) is 33.2. The zero-order valence-electron chi connectivity index (χ0n) is 13.4. The van der Waals surface area contributed by atoms with Crippen molar-refractivity contribution < 1.29 is 14.7 Å². The number of hydrogen-bond acceptors (Lipinski definition) is 3. The number of carbonyl (C=O) groups excluding carboxylic acids is 1. The predicted octanol–water partition coefficient (Wildman–Crippen LogP) is 2.74. The smallest absolute Gasteiger partial charge is 0.311 e. The molecule has 1 saturated carbocycles. The van der Waals surface area contributed by atoms with Gasteiger partial charge in [0.1, 0.15) is 0 Å². The number of halogens is 1. The number of carboxylic acids is 1. The summed E-state index contributed by atoms with van der Waals surface area (Å²) in [5.41, 5.74) is 0.285. The summed E-state index contributed by atoms with van der Waals surface area (Å²) in [6.45, 7) is 1.96. The number of carboxylic acid groups (broad SMARTS) is 1. The second-order valence-electron chi connectivity index (χ2n) is 7.25. The van der Waals surface area contributed by atoms with E-state index in [1.54, 1.807) is 0 Å². The third-order valence-electron chi connectivity index (χ3n) is 6.06. The van der Waals surface area contributed by atoms with E-state index >= 15 is 0 Å². The number of aliphatic carboxylic acids is 1. The lowest BCUT2D eigenvalue weighted by molar-refractivity contribution is -0.149. The number of nitrogens with zero attached hydrogens (tertiary/aromatic N) is 2. The monoisotopic (exact) mass is 392 g/mol. The van der Waals surface area contributed by atoms with Crippen LogP contribution in [0.15, 0.2) is 28.7 Å². The van der Waals surface area contributed by atoms with E-state index in [9.17, 15) is 14.7 Å². The summed E-state index contributed by atoms with van der Waals surface area (Å²) in [5, 5.41) is 9.73.